The van der Waals surface area contributed by atoms with Gasteiger partial charge in [-0.3, -0.25) is 4.79 Å². The maximum absolute atomic E-state index is 11.5. The van der Waals surface area contributed by atoms with Gasteiger partial charge < -0.3 is 9.47 Å². The van der Waals surface area contributed by atoms with E-state index in [1.165, 1.54) is 7.11 Å². The molecule has 0 aliphatic heterocycles. The fourth-order valence-corrected chi connectivity index (χ4v) is 1.61. The van der Waals surface area contributed by atoms with Crippen LogP contribution in [0.3, 0.4) is 0 Å². The van der Waals surface area contributed by atoms with Crippen LogP contribution >= 0.6 is 0 Å². The summed E-state index contributed by atoms with van der Waals surface area (Å²) in [6, 6.07) is 5.62. The third-order valence-electron chi connectivity index (χ3n) is 2.47. The minimum Gasteiger partial charge on any atom is -0.495 e. The van der Waals surface area contributed by atoms with E-state index in [9.17, 15) is 4.79 Å². The van der Waals surface area contributed by atoms with Gasteiger partial charge in [0.05, 0.1) is 25.7 Å². The molecule has 4 nitrogen and oxygen atoms in total. The van der Waals surface area contributed by atoms with E-state index >= 15 is 0 Å². The number of esters is 1. The smallest absolute Gasteiger partial charge is 0.310 e. The third kappa shape index (κ3) is 2.97. The van der Waals surface area contributed by atoms with Crippen LogP contribution in [0, 0.1) is 18.3 Å². The largest absolute Gasteiger partial charge is 0.495 e. The molecular formula is C13H15NO3. The number of benzene rings is 1. The van der Waals surface area contributed by atoms with Crippen LogP contribution in [0.25, 0.3) is 0 Å². The van der Waals surface area contributed by atoms with Crippen LogP contribution in [0.1, 0.15) is 23.6 Å². The van der Waals surface area contributed by atoms with Crippen LogP contribution < -0.4 is 4.74 Å². The number of nitriles is 1. The highest BCUT2D eigenvalue weighted by Crippen LogP contribution is 2.25. The summed E-state index contributed by atoms with van der Waals surface area (Å²) in [4.78, 5) is 11.5. The van der Waals surface area contributed by atoms with E-state index in [0.717, 1.165) is 5.56 Å². The minimum absolute atomic E-state index is 0.0970. The summed E-state index contributed by atoms with van der Waals surface area (Å²) < 4.78 is 9.98. The van der Waals surface area contributed by atoms with E-state index in [2.05, 4.69) is 6.07 Å². The first kappa shape index (κ1) is 13.0. The molecule has 1 aromatic carbocycles. The molecular weight excluding hydrogens is 218 g/mol. The van der Waals surface area contributed by atoms with Crippen molar-refractivity contribution in [3.63, 3.8) is 0 Å². The molecule has 0 aliphatic rings. The van der Waals surface area contributed by atoms with Gasteiger partial charge in [0.1, 0.15) is 11.8 Å². The van der Waals surface area contributed by atoms with Crippen molar-refractivity contribution in [1.82, 2.24) is 0 Å². The Morgan fingerprint density at radius 3 is 2.71 bits per heavy atom. The van der Waals surface area contributed by atoms with Crippen LogP contribution in [0.5, 0.6) is 5.75 Å². The minimum atomic E-state index is -0.333. The number of hydrogen-bond acceptors (Lipinski definition) is 4. The predicted molar refractivity (Wildman–Crippen MR) is 62.8 cm³/mol. The summed E-state index contributed by atoms with van der Waals surface area (Å²) >= 11 is 0. The van der Waals surface area contributed by atoms with Gasteiger partial charge >= 0.3 is 5.97 Å². The molecule has 4 heteroatoms. The lowest BCUT2D eigenvalue weighted by molar-refractivity contribution is -0.142. The van der Waals surface area contributed by atoms with Crippen LogP contribution in [0.2, 0.25) is 0 Å². The molecule has 0 saturated carbocycles. The summed E-state index contributed by atoms with van der Waals surface area (Å²) in [6.45, 7) is 3.94. The average molecular weight is 233 g/mol. The zero-order valence-corrected chi connectivity index (χ0v) is 10.2. The predicted octanol–water partition coefficient (Wildman–Crippen LogP) is 1.98. The second-order valence-electron chi connectivity index (χ2n) is 3.53. The summed E-state index contributed by atoms with van der Waals surface area (Å²) in [5, 5.41) is 9.12. The highest BCUT2D eigenvalue weighted by molar-refractivity contribution is 5.75. The number of rotatable bonds is 4. The highest BCUT2D eigenvalue weighted by atomic mass is 16.5. The van der Waals surface area contributed by atoms with E-state index < -0.39 is 0 Å². The SMILES string of the molecule is CCOC(=O)Cc1c(C)ccc(OC)c1C#N. The van der Waals surface area contributed by atoms with Crippen molar-refractivity contribution in [2.75, 3.05) is 13.7 Å². The van der Waals surface area contributed by atoms with Crippen molar-refractivity contribution in [2.24, 2.45) is 0 Å². The Kier molecular flexibility index (Phi) is 4.53. The first-order chi connectivity index (χ1) is 8.13. The number of nitrogens with zero attached hydrogens (tertiary/aromatic N) is 1. The molecule has 0 amide bonds. The Hall–Kier alpha value is -2.02. The summed E-state index contributed by atoms with van der Waals surface area (Å²) in [5.74, 6) is 0.151. The normalized spacial score (nSPS) is 9.53. The fourth-order valence-electron chi connectivity index (χ4n) is 1.61. The van der Waals surface area contributed by atoms with Crippen molar-refractivity contribution in [2.45, 2.75) is 20.3 Å². The van der Waals surface area contributed by atoms with Gasteiger partial charge in [-0.15, -0.1) is 0 Å². The van der Waals surface area contributed by atoms with Crippen molar-refractivity contribution >= 4 is 5.97 Å². The van der Waals surface area contributed by atoms with E-state index in [0.29, 0.717) is 23.5 Å². The van der Waals surface area contributed by atoms with Crippen molar-refractivity contribution in [1.29, 1.82) is 5.26 Å². The number of aryl methyl sites for hydroxylation is 1. The second-order valence-corrected chi connectivity index (χ2v) is 3.53. The van der Waals surface area contributed by atoms with Crippen molar-refractivity contribution < 1.29 is 14.3 Å². The lowest BCUT2D eigenvalue weighted by Crippen LogP contribution is -2.10. The van der Waals surface area contributed by atoms with Gasteiger partial charge in [-0.2, -0.15) is 5.26 Å². The zero-order chi connectivity index (χ0) is 12.8. The molecule has 90 valence electrons. The van der Waals surface area contributed by atoms with Gasteiger partial charge in [-0.1, -0.05) is 6.07 Å². The first-order valence-corrected chi connectivity index (χ1v) is 5.36. The van der Waals surface area contributed by atoms with Gasteiger partial charge in [-0.05, 0) is 31.0 Å². The first-order valence-electron chi connectivity index (χ1n) is 5.36. The maximum Gasteiger partial charge on any atom is 0.310 e. The highest BCUT2D eigenvalue weighted by Gasteiger charge is 2.15. The molecule has 1 aromatic rings. The van der Waals surface area contributed by atoms with Gasteiger partial charge in [0, 0.05) is 0 Å². The molecule has 0 aromatic heterocycles. The molecule has 0 bridgehead atoms. The lowest BCUT2D eigenvalue weighted by atomic mass is 9.99. The van der Waals surface area contributed by atoms with Crippen molar-refractivity contribution in [3.8, 4) is 11.8 Å². The zero-order valence-electron chi connectivity index (χ0n) is 10.2. The second kappa shape index (κ2) is 5.90. The molecule has 0 aliphatic carbocycles. The summed E-state index contributed by atoms with van der Waals surface area (Å²) in [5.41, 5.74) is 1.96. The molecule has 0 saturated heterocycles. The van der Waals surface area contributed by atoms with Gasteiger partial charge in [0.15, 0.2) is 0 Å². The Balaban J connectivity index is 3.13. The number of carbonyl (C=O) groups is 1. The molecule has 0 spiro atoms. The van der Waals surface area contributed by atoms with Crippen LogP contribution in [-0.4, -0.2) is 19.7 Å². The Morgan fingerprint density at radius 2 is 2.18 bits per heavy atom. The van der Waals surface area contributed by atoms with Gasteiger partial charge in [-0.25, -0.2) is 0 Å². The quantitative estimate of drug-likeness (QED) is 0.746. The van der Waals surface area contributed by atoms with Gasteiger partial charge in [0.25, 0.3) is 0 Å². The van der Waals surface area contributed by atoms with Crippen molar-refractivity contribution in [3.05, 3.63) is 28.8 Å². The summed E-state index contributed by atoms with van der Waals surface area (Å²) in [6.07, 6.45) is 0.0970. The molecule has 0 heterocycles. The van der Waals surface area contributed by atoms with Gasteiger partial charge in [0.2, 0.25) is 0 Å². The number of carbonyl (C=O) groups excluding carboxylic acids is 1. The molecule has 0 N–H and O–H groups in total. The monoisotopic (exact) mass is 233 g/mol. The molecule has 0 atom stereocenters. The number of ether oxygens (including phenoxy) is 2. The molecule has 0 radical (unpaired) electrons. The average Bonchev–Trinajstić information content (AvgIpc) is 2.31. The number of methoxy groups -OCH3 is 1. The van der Waals surface area contributed by atoms with Crippen LogP contribution in [0.15, 0.2) is 12.1 Å². The number of hydrogen-bond donors (Lipinski definition) is 0. The summed E-state index contributed by atoms with van der Waals surface area (Å²) in [7, 11) is 1.50. The van der Waals surface area contributed by atoms with Crippen LogP contribution in [-0.2, 0) is 16.0 Å². The topological polar surface area (TPSA) is 59.3 Å². The fraction of sp³-hybridized carbons (Fsp3) is 0.385. The van der Waals surface area contributed by atoms with E-state index in [-0.39, 0.29) is 12.4 Å². The maximum atomic E-state index is 11.5. The lowest BCUT2D eigenvalue weighted by Gasteiger charge is -2.11. The van der Waals surface area contributed by atoms with E-state index in [1.807, 2.05) is 13.0 Å². The molecule has 0 unspecified atom stereocenters. The molecule has 1 rings (SSSR count). The molecule has 0 fully saturated rings. The Bertz CT molecular complexity index is 460. The standard InChI is InChI=1S/C13H15NO3/c1-4-17-13(15)7-10-9(2)5-6-12(16-3)11(10)8-14/h5-6H,4,7H2,1-3H3. The van der Waals surface area contributed by atoms with E-state index in [4.69, 9.17) is 14.7 Å². The Morgan fingerprint density at radius 1 is 1.47 bits per heavy atom. The Labute approximate surface area is 101 Å². The third-order valence-corrected chi connectivity index (χ3v) is 2.47. The van der Waals surface area contributed by atoms with Crippen LogP contribution in [0.4, 0.5) is 0 Å². The van der Waals surface area contributed by atoms with E-state index in [1.54, 1.807) is 13.0 Å². The molecule has 17 heavy (non-hydrogen) atoms.